The van der Waals surface area contributed by atoms with Crippen LogP contribution in [0.2, 0.25) is 0 Å². The molecule has 3 aromatic rings. The van der Waals surface area contributed by atoms with Crippen molar-refractivity contribution in [3.05, 3.63) is 30.7 Å². The van der Waals surface area contributed by atoms with Crippen LogP contribution in [0.3, 0.4) is 0 Å². The second-order valence-electron chi connectivity index (χ2n) is 3.18. The highest BCUT2D eigenvalue weighted by Gasteiger charge is 2.25. The molecule has 8 heteroatoms. The molecule has 3 heterocycles. The number of hydrogen-bond donors (Lipinski definition) is 1. The van der Waals surface area contributed by atoms with Crippen molar-refractivity contribution in [2.75, 3.05) is 0 Å². The Morgan fingerprint density at radius 2 is 1.72 bits per heavy atom. The van der Waals surface area contributed by atoms with Crippen molar-refractivity contribution >= 4 is 5.97 Å². The van der Waals surface area contributed by atoms with Crippen molar-refractivity contribution in [2.24, 2.45) is 0 Å². The smallest absolute Gasteiger partial charge is 0.374 e. The maximum Gasteiger partial charge on any atom is 0.374 e. The van der Waals surface area contributed by atoms with Gasteiger partial charge >= 0.3 is 5.97 Å². The first-order valence-corrected chi connectivity index (χ1v) is 4.79. The minimum Gasteiger partial charge on any atom is -0.475 e. The van der Waals surface area contributed by atoms with E-state index in [1.807, 2.05) is 0 Å². The van der Waals surface area contributed by atoms with Crippen LogP contribution < -0.4 is 0 Å². The molecule has 0 saturated carbocycles. The van der Waals surface area contributed by atoms with Crippen LogP contribution in [-0.2, 0) is 0 Å². The lowest BCUT2D eigenvalue weighted by Gasteiger charge is -1.88. The van der Waals surface area contributed by atoms with Crippen LogP contribution in [0.1, 0.15) is 10.6 Å². The predicted molar refractivity (Wildman–Crippen MR) is 54.5 cm³/mol. The number of carbonyl (C=O) groups is 1. The maximum absolute atomic E-state index is 11.0. The minimum absolute atomic E-state index is 0.0132. The Morgan fingerprint density at radius 3 is 2.28 bits per heavy atom. The number of nitrogens with zero attached hydrogens (tertiary/aromatic N) is 3. The molecule has 0 aliphatic rings. The number of oxazole rings is 3. The number of aromatic nitrogens is 3. The van der Waals surface area contributed by atoms with E-state index in [9.17, 15) is 4.79 Å². The van der Waals surface area contributed by atoms with Gasteiger partial charge < -0.3 is 18.4 Å². The molecule has 1 N–H and O–H groups in total. The van der Waals surface area contributed by atoms with Crippen LogP contribution in [0.4, 0.5) is 0 Å². The molecule has 0 unspecified atom stereocenters. The van der Waals surface area contributed by atoms with Crippen LogP contribution >= 0.6 is 0 Å². The molecule has 0 aromatic carbocycles. The van der Waals surface area contributed by atoms with E-state index in [0.29, 0.717) is 0 Å². The van der Waals surface area contributed by atoms with E-state index in [4.69, 9.17) is 18.4 Å². The van der Waals surface area contributed by atoms with Gasteiger partial charge in [-0.2, -0.15) is 4.98 Å². The average Bonchev–Trinajstić information content (AvgIpc) is 3.10. The van der Waals surface area contributed by atoms with E-state index in [-0.39, 0.29) is 29.1 Å². The largest absolute Gasteiger partial charge is 0.475 e. The highest BCUT2D eigenvalue weighted by molar-refractivity contribution is 5.91. The van der Waals surface area contributed by atoms with Gasteiger partial charge in [-0.05, 0) is 0 Å². The van der Waals surface area contributed by atoms with Crippen LogP contribution in [0, 0.1) is 0 Å². The number of carboxylic acids is 1. The van der Waals surface area contributed by atoms with Crippen LogP contribution in [0.25, 0.3) is 23.4 Å². The van der Waals surface area contributed by atoms with E-state index >= 15 is 0 Å². The summed E-state index contributed by atoms with van der Waals surface area (Å²) in [5.74, 6) is -1.59. The van der Waals surface area contributed by atoms with Crippen LogP contribution in [-0.4, -0.2) is 26.0 Å². The lowest BCUT2D eigenvalue weighted by atomic mass is 10.3. The molecule has 0 aliphatic heterocycles. The molecule has 0 fully saturated rings. The Hall–Kier alpha value is -2.90. The molecule has 3 rings (SSSR count). The van der Waals surface area contributed by atoms with Crippen molar-refractivity contribution in [3.8, 4) is 23.4 Å². The molecule has 0 amide bonds. The third-order valence-corrected chi connectivity index (χ3v) is 2.07. The number of aromatic carboxylic acids is 1. The van der Waals surface area contributed by atoms with Gasteiger partial charge in [0.25, 0.3) is 11.8 Å². The fourth-order valence-electron chi connectivity index (χ4n) is 1.37. The Bertz CT molecular complexity index is 669. The fourth-order valence-corrected chi connectivity index (χ4v) is 1.37. The molecule has 0 atom stereocenters. The number of carboxylic acid groups (broad SMARTS) is 1. The first-order valence-electron chi connectivity index (χ1n) is 4.79. The third-order valence-electron chi connectivity index (χ3n) is 2.07. The summed E-state index contributed by atoms with van der Waals surface area (Å²) < 4.78 is 15.0. The summed E-state index contributed by atoms with van der Waals surface area (Å²) in [6, 6.07) is 0. The number of hydrogen-bond acceptors (Lipinski definition) is 7. The van der Waals surface area contributed by atoms with Gasteiger partial charge in [0.15, 0.2) is 5.69 Å². The molecule has 8 nitrogen and oxygen atoms in total. The Kier molecular flexibility index (Phi) is 2.19. The lowest BCUT2D eigenvalue weighted by molar-refractivity contribution is 0.0664. The zero-order chi connectivity index (χ0) is 12.5. The lowest BCUT2D eigenvalue weighted by Crippen LogP contribution is -1.96. The third kappa shape index (κ3) is 1.56. The zero-order valence-electron chi connectivity index (χ0n) is 8.73. The normalized spacial score (nSPS) is 10.7. The van der Waals surface area contributed by atoms with Gasteiger partial charge in [-0.25, -0.2) is 14.8 Å². The van der Waals surface area contributed by atoms with Crippen molar-refractivity contribution in [3.63, 3.8) is 0 Å². The SMILES string of the molecule is O=C(O)c1oc(-c2ncco2)nc1-c1ncco1. The average molecular weight is 247 g/mol. The summed E-state index contributed by atoms with van der Waals surface area (Å²) in [5.41, 5.74) is -0.0132. The van der Waals surface area contributed by atoms with E-state index < -0.39 is 5.97 Å². The monoisotopic (exact) mass is 247 g/mol. The predicted octanol–water partition coefficient (Wildman–Crippen LogP) is 1.68. The first-order chi connectivity index (χ1) is 8.75. The summed E-state index contributed by atoms with van der Waals surface area (Å²) in [5, 5.41) is 9.02. The second kappa shape index (κ2) is 3.84. The quantitative estimate of drug-likeness (QED) is 0.743. The van der Waals surface area contributed by atoms with Crippen LogP contribution in [0.5, 0.6) is 0 Å². The van der Waals surface area contributed by atoms with Gasteiger partial charge in [-0.1, -0.05) is 0 Å². The van der Waals surface area contributed by atoms with Crippen molar-refractivity contribution in [2.45, 2.75) is 0 Å². The van der Waals surface area contributed by atoms with Crippen molar-refractivity contribution < 1.29 is 23.2 Å². The Labute approximate surface area is 98.9 Å². The van der Waals surface area contributed by atoms with E-state index in [2.05, 4.69) is 15.0 Å². The fraction of sp³-hybridized carbons (Fsp3) is 0. The van der Waals surface area contributed by atoms with E-state index in [1.165, 1.54) is 24.9 Å². The molecule has 18 heavy (non-hydrogen) atoms. The van der Waals surface area contributed by atoms with Gasteiger partial charge in [-0.15, -0.1) is 0 Å². The maximum atomic E-state index is 11.0. The van der Waals surface area contributed by atoms with E-state index in [0.717, 1.165) is 0 Å². The standard InChI is InChI=1S/C10H5N3O5/c14-10(15)6-5(7-11-1-3-16-7)13-9(18-6)8-12-2-4-17-8/h1-4H,(H,14,15). The molecule has 0 radical (unpaired) electrons. The molecule has 0 saturated heterocycles. The van der Waals surface area contributed by atoms with Gasteiger partial charge in [-0.3, -0.25) is 0 Å². The summed E-state index contributed by atoms with van der Waals surface area (Å²) >= 11 is 0. The summed E-state index contributed by atoms with van der Waals surface area (Å²) in [7, 11) is 0. The van der Waals surface area contributed by atoms with E-state index in [1.54, 1.807) is 0 Å². The molecule has 90 valence electrons. The highest BCUT2D eigenvalue weighted by Crippen LogP contribution is 2.27. The highest BCUT2D eigenvalue weighted by atomic mass is 16.4. The zero-order valence-corrected chi connectivity index (χ0v) is 8.73. The molecule has 0 spiro atoms. The van der Waals surface area contributed by atoms with Gasteiger partial charge in [0.1, 0.15) is 12.5 Å². The van der Waals surface area contributed by atoms with Crippen LogP contribution in [0.15, 0.2) is 38.2 Å². The first kappa shape index (κ1) is 10.3. The van der Waals surface area contributed by atoms with Gasteiger partial charge in [0, 0.05) is 0 Å². The Morgan fingerprint density at radius 1 is 1.06 bits per heavy atom. The Balaban J connectivity index is 2.16. The molecule has 0 bridgehead atoms. The minimum atomic E-state index is -1.28. The molecular weight excluding hydrogens is 242 g/mol. The molecule has 0 aliphatic carbocycles. The number of rotatable bonds is 3. The summed E-state index contributed by atoms with van der Waals surface area (Å²) in [6.07, 6.45) is 5.40. The van der Waals surface area contributed by atoms with Crippen molar-refractivity contribution in [1.82, 2.24) is 15.0 Å². The van der Waals surface area contributed by atoms with Crippen molar-refractivity contribution in [1.29, 1.82) is 0 Å². The molecule has 3 aromatic heterocycles. The topological polar surface area (TPSA) is 115 Å². The van der Waals surface area contributed by atoms with Gasteiger partial charge in [0.2, 0.25) is 11.7 Å². The summed E-state index contributed by atoms with van der Waals surface area (Å²) in [4.78, 5) is 22.6. The van der Waals surface area contributed by atoms with Gasteiger partial charge in [0.05, 0.1) is 12.4 Å². The second-order valence-corrected chi connectivity index (χ2v) is 3.18. The summed E-state index contributed by atoms with van der Waals surface area (Å²) in [6.45, 7) is 0. The molecular formula is C10H5N3O5.